The summed E-state index contributed by atoms with van der Waals surface area (Å²) in [5, 5.41) is 8.46. The molecule has 0 radical (unpaired) electrons. The molecule has 0 unspecified atom stereocenters. The summed E-state index contributed by atoms with van der Waals surface area (Å²) < 4.78 is 1.04. The Morgan fingerprint density at radius 2 is 2.40 bits per heavy atom. The van der Waals surface area contributed by atoms with Crippen LogP contribution in [0.4, 0.5) is 0 Å². The van der Waals surface area contributed by atoms with Gasteiger partial charge < -0.3 is 0 Å². The molecule has 10 heavy (non-hydrogen) atoms. The van der Waals surface area contributed by atoms with Crippen LogP contribution in [0.1, 0.15) is 11.3 Å². The van der Waals surface area contributed by atoms with Gasteiger partial charge >= 0.3 is 0 Å². The molecule has 1 heterocycles. The number of halogens is 1. The molecule has 0 aromatic carbocycles. The molecule has 0 atom stereocenters. The van der Waals surface area contributed by atoms with Gasteiger partial charge in [0, 0.05) is 9.77 Å². The van der Waals surface area contributed by atoms with Crippen molar-refractivity contribution in [1.29, 1.82) is 5.26 Å². The van der Waals surface area contributed by atoms with Crippen molar-refractivity contribution in [2.75, 3.05) is 0 Å². The van der Waals surface area contributed by atoms with Gasteiger partial charge in [0.1, 0.15) is 6.07 Å². The predicted octanol–water partition coefficient (Wildman–Crippen LogP) is 1.87. The quantitative estimate of drug-likeness (QED) is 0.653. The third kappa shape index (κ3) is 1.45. The van der Waals surface area contributed by atoms with Crippen molar-refractivity contribution in [2.24, 2.45) is 0 Å². The summed E-state index contributed by atoms with van der Waals surface area (Å²) in [6, 6.07) is 3.85. The van der Waals surface area contributed by atoms with E-state index >= 15 is 0 Å². The fraction of sp³-hybridized carbons (Fsp3) is 0.143. The molecule has 50 valence electrons. The molecule has 0 bridgehead atoms. The number of aryl methyl sites for hydroxylation is 1. The third-order valence-corrected chi connectivity index (χ3v) is 2.25. The smallest absolute Gasteiger partial charge is 0.101 e. The van der Waals surface area contributed by atoms with Gasteiger partial charge in [-0.3, -0.25) is 4.98 Å². The molecule has 1 aromatic heterocycles. The summed E-state index contributed by atoms with van der Waals surface area (Å²) in [7, 11) is 0. The Hall–Kier alpha value is -0.630. The first-order chi connectivity index (χ1) is 4.74. The minimum Gasteiger partial charge on any atom is -0.259 e. The number of hydrogen-bond donors (Lipinski definition) is 0. The van der Waals surface area contributed by atoms with E-state index in [1.165, 1.54) is 0 Å². The van der Waals surface area contributed by atoms with Gasteiger partial charge in [0.25, 0.3) is 0 Å². The number of hydrogen-bond acceptors (Lipinski definition) is 2. The number of nitrogens with zero attached hydrogens (tertiary/aromatic N) is 2. The first-order valence-corrected chi connectivity index (χ1v) is 3.84. The highest BCUT2D eigenvalue weighted by Crippen LogP contribution is 2.09. The van der Waals surface area contributed by atoms with Crippen LogP contribution in [0.25, 0.3) is 0 Å². The van der Waals surface area contributed by atoms with Crippen molar-refractivity contribution < 1.29 is 0 Å². The maximum atomic E-state index is 8.46. The highest BCUT2D eigenvalue weighted by Gasteiger charge is 1.95. The molecule has 0 saturated carbocycles. The van der Waals surface area contributed by atoms with Gasteiger partial charge in [0.2, 0.25) is 0 Å². The summed E-state index contributed by atoms with van der Waals surface area (Å²) in [5.41, 5.74) is 1.59. The van der Waals surface area contributed by atoms with E-state index in [0.29, 0.717) is 5.56 Å². The van der Waals surface area contributed by atoms with Crippen molar-refractivity contribution in [3.05, 3.63) is 27.1 Å². The van der Waals surface area contributed by atoms with E-state index in [9.17, 15) is 0 Å². The average molecular weight is 244 g/mol. The summed E-state index contributed by atoms with van der Waals surface area (Å²) in [6.45, 7) is 1.92. The molecule has 1 rings (SSSR count). The van der Waals surface area contributed by atoms with E-state index in [-0.39, 0.29) is 0 Å². The van der Waals surface area contributed by atoms with Crippen molar-refractivity contribution in [3.8, 4) is 6.07 Å². The standard InChI is InChI=1S/C7H5IN2/c1-5-7(8)2-6(3-9)4-10-5/h2,4H,1H3. The van der Waals surface area contributed by atoms with E-state index in [1.54, 1.807) is 6.20 Å². The minimum absolute atomic E-state index is 0.620. The molecule has 0 fully saturated rings. The lowest BCUT2D eigenvalue weighted by Gasteiger charge is -1.94. The highest BCUT2D eigenvalue weighted by atomic mass is 127. The number of rotatable bonds is 0. The lowest BCUT2D eigenvalue weighted by molar-refractivity contribution is 1.17. The maximum Gasteiger partial charge on any atom is 0.101 e. The lowest BCUT2D eigenvalue weighted by atomic mass is 10.3. The van der Waals surface area contributed by atoms with Crippen LogP contribution in [0.3, 0.4) is 0 Å². The van der Waals surface area contributed by atoms with Crippen LogP contribution in [0.2, 0.25) is 0 Å². The molecule has 1 aromatic rings. The van der Waals surface area contributed by atoms with Crippen LogP contribution in [-0.4, -0.2) is 4.98 Å². The third-order valence-electron chi connectivity index (χ3n) is 1.15. The van der Waals surface area contributed by atoms with Gasteiger partial charge in [0.15, 0.2) is 0 Å². The largest absolute Gasteiger partial charge is 0.259 e. The van der Waals surface area contributed by atoms with Gasteiger partial charge in [-0.25, -0.2) is 0 Å². The predicted molar refractivity (Wildman–Crippen MR) is 46.4 cm³/mol. The summed E-state index contributed by atoms with van der Waals surface area (Å²) in [6.07, 6.45) is 1.58. The lowest BCUT2D eigenvalue weighted by Crippen LogP contribution is -1.86. The van der Waals surface area contributed by atoms with Gasteiger partial charge in [-0.05, 0) is 35.6 Å². The molecule has 0 aliphatic heterocycles. The van der Waals surface area contributed by atoms with Crippen molar-refractivity contribution in [1.82, 2.24) is 4.98 Å². The molecule has 0 spiro atoms. The van der Waals surface area contributed by atoms with Crippen molar-refractivity contribution >= 4 is 22.6 Å². The highest BCUT2D eigenvalue weighted by molar-refractivity contribution is 14.1. The van der Waals surface area contributed by atoms with Crippen LogP contribution < -0.4 is 0 Å². The van der Waals surface area contributed by atoms with E-state index in [4.69, 9.17) is 5.26 Å². The van der Waals surface area contributed by atoms with Crippen molar-refractivity contribution in [2.45, 2.75) is 6.92 Å². The molecule has 0 aliphatic carbocycles. The van der Waals surface area contributed by atoms with E-state index in [1.807, 2.05) is 19.1 Å². The fourth-order valence-electron chi connectivity index (χ4n) is 0.567. The van der Waals surface area contributed by atoms with E-state index in [2.05, 4.69) is 27.6 Å². The summed E-state index contributed by atoms with van der Waals surface area (Å²) in [4.78, 5) is 4.02. The Kier molecular flexibility index (Phi) is 2.22. The van der Waals surface area contributed by atoms with Gasteiger partial charge in [-0.1, -0.05) is 0 Å². The Morgan fingerprint density at radius 3 is 2.90 bits per heavy atom. The summed E-state index contributed by atoms with van der Waals surface area (Å²) >= 11 is 2.16. The molecule has 2 nitrogen and oxygen atoms in total. The zero-order valence-electron chi connectivity index (χ0n) is 5.43. The molecule has 0 N–H and O–H groups in total. The number of pyridine rings is 1. The van der Waals surface area contributed by atoms with Crippen LogP contribution >= 0.6 is 22.6 Å². The molecule has 0 saturated heterocycles. The molecule has 0 amide bonds. The zero-order chi connectivity index (χ0) is 7.56. The van der Waals surface area contributed by atoms with Gasteiger partial charge in [-0.2, -0.15) is 5.26 Å². The maximum absolute atomic E-state index is 8.46. The van der Waals surface area contributed by atoms with E-state index in [0.717, 1.165) is 9.26 Å². The van der Waals surface area contributed by atoms with Crippen molar-refractivity contribution in [3.63, 3.8) is 0 Å². The van der Waals surface area contributed by atoms with Gasteiger partial charge in [-0.15, -0.1) is 0 Å². The molecular formula is C7H5IN2. The minimum atomic E-state index is 0.620. The second kappa shape index (κ2) is 2.97. The monoisotopic (exact) mass is 244 g/mol. The van der Waals surface area contributed by atoms with Crippen LogP contribution in [-0.2, 0) is 0 Å². The number of aromatic nitrogens is 1. The topological polar surface area (TPSA) is 36.7 Å². The Balaban J connectivity index is 3.20. The first kappa shape index (κ1) is 7.48. The van der Waals surface area contributed by atoms with Gasteiger partial charge in [0.05, 0.1) is 11.3 Å². The van der Waals surface area contributed by atoms with Crippen LogP contribution in [0, 0.1) is 21.8 Å². The summed E-state index contributed by atoms with van der Waals surface area (Å²) in [5.74, 6) is 0. The molecule has 0 aliphatic rings. The SMILES string of the molecule is Cc1ncc(C#N)cc1I. The average Bonchev–Trinajstić information content (AvgIpc) is 1.95. The Labute approximate surface area is 73.0 Å². The zero-order valence-corrected chi connectivity index (χ0v) is 7.58. The Morgan fingerprint density at radius 1 is 1.70 bits per heavy atom. The second-order valence-corrected chi connectivity index (χ2v) is 3.07. The molecule has 3 heteroatoms. The van der Waals surface area contributed by atoms with Crippen LogP contribution in [0.15, 0.2) is 12.3 Å². The molecular weight excluding hydrogens is 239 g/mol. The fourth-order valence-corrected chi connectivity index (χ4v) is 1.04. The Bertz CT molecular complexity index is 288. The normalized spacial score (nSPS) is 8.90. The number of nitriles is 1. The second-order valence-electron chi connectivity index (χ2n) is 1.90. The van der Waals surface area contributed by atoms with E-state index < -0.39 is 0 Å². The first-order valence-electron chi connectivity index (χ1n) is 2.76. The van der Waals surface area contributed by atoms with Crippen LogP contribution in [0.5, 0.6) is 0 Å².